The van der Waals surface area contributed by atoms with Gasteiger partial charge in [0.15, 0.2) is 0 Å². The number of halogens is 4. The molecule has 3 aromatic carbocycles. The van der Waals surface area contributed by atoms with Crippen molar-refractivity contribution in [3.63, 3.8) is 0 Å². The Bertz CT molecular complexity index is 1660. The summed E-state index contributed by atoms with van der Waals surface area (Å²) in [5.41, 5.74) is 5.89. The number of hydrogen-bond donors (Lipinski definition) is 5. The van der Waals surface area contributed by atoms with Gasteiger partial charge in [0.25, 0.3) is 5.91 Å². The lowest BCUT2D eigenvalue weighted by Gasteiger charge is -2.34. The number of amides is 2. The van der Waals surface area contributed by atoms with Crippen LogP contribution in [0.25, 0.3) is 16.6 Å². The number of anilines is 1. The zero-order valence-electron chi connectivity index (χ0n) is 23.4. The first-order valence-electron chi connectivity index (χ1n) is 13.3. The summed E-state index contributed by atoms with van der Waals surface area (Å²) in [5.74, 6) is -2.46. The molecule has 9 nitrogen and oxygen atoms in total. The normalized spacial score (nSPS) is 13.8. The lowest BCUT2D eigenvalue weighted by atomic mass is 9.74. The number of aliphatic hydroxyl groups excluding tert-OH is 1. The van der Waals surface area contributed by atoms with E-state index in [0.717, 1.165) is 23.8 Å². The van der Waals surface area contributed by atoms with Crippen molar-refractivity contribution in [2.45, 2.75) is 44.4 Å². The summed E-state index contributed by atoms with van der Waals surface area (Å²) >= 11 is 0. The number of alkyl halides is 3. The molecule has 0 bridgehead atoms. The van der Waals surface area contributed by atoms with Crippen molar-refractivity contribution in [2.24, 2.45) is 5.73 Å². The predicted molar refractivity (Wildman–Crippen MR) is 153 cm³/mol. The summed E-state index contributed by atoms with van der Waals surface area (Å²) in [7, 11) is 0. The van der Waals surface area contributed by atoms with Gasteiger partial charge in [-0.05, 0) is 67.4 Å². The number of nitrogens with one attached hydrogen (secondary N) is 2. The Balaban J connectivity index is 1.57. The van der Waals surface area contributed by atoms with Crippen LogP contribution in [-0.2, 0) is 10.2 Å². The number of rotatable bonds is 11. The van der Waals surface area contributed by atoms with Crippen molar-refractivity contribution in [3.8, 4) is 11.4 Å². The second kappa shape index (κ2) is 12.3. The van der Waals surface area contributed by atoms with E-state index in [1.165, 1.54) is 6.92 Å². The van der Waals surface area contributed by atoms with E-state index in [9.17, 15) is 37.4 Å². The van der Waals surface area contributed by atoms with Gasteiger partial charge in [0.05, 0.1) is 36.5 Å². The van der Waals surface area contributed by atoms with Crippen LogP contribution in [0.4, 0.5) is 23.2 Å². The van der Waals surface area contributed by atoms with Gasteiger partial charge in [-0.15, -0.1) is 0 Å². The van der Waals surface area contributed by atoms with Crippen LogP contribution in [0.2, 0.25) is 0 Å². The lowest BCUT2D eigenvalue weighted by Crippen LogP contribution is -2.36. The van der Waals surface area contributed by atoms with Crippen molar-refractivity contribution in [1.82, 2.24) is 15.1 Å². The number of hydrogen-bond acceptors (Lipinski definition) is 6. The number of phenolic OH excluding ortho intramolecular Hbond substituents is 1. The predicted octanol–water partition coefficient (Wildman–Crippen LogP) is 4.47. The number of phenols is 1. The molecular formula is C30H31F4N5O4. The van der Waals surface area contributed by atoms with E-state index in [1.807, 2.05) is 13.0 Å². The number of primary amides is 1. The van der Waals surface area contributed by atoms with Gasteiger partial charge >= 0.3 is 6.18 Å². The molecule has 0 aliphatic rings. The number of nitrogens with zero attached hydrogens (tertiary/aromatic N) is 2. The topological polar surface area (TPSA) is 142 Å². The minimum Gasteiger partial charge on any atom is -0.508 e. The molecule has 228 valence electrons. The maximum absolute atomic E-state index is 13.9. The van der Waals surface area contributed by atoms with Crippen LogP contribution in [0.15, 0.2) is 60.8 Å². The van der Waals surface area contributed by atoms with Crippen LogP contribution in [0, 0.1) is 12.7 Å². The largest absolute Gasteiger partial charge is 0.508 e. The van der Waals surface area contributed by atoms with Crippen molar-refractivity contribution < 1.29 is 37.4 Å². The zero-order chi connectivity index (χ0) is 31.5. The van der Waals surface area contributed by atoms with E-state index in [1.54, 1.807) is 41.2 Å². The monoisotopic (exact) mass is 601 g/mol. The molecule has 4 rings (SSSR count). The van der Waals surface area contributed by atoms with Gasteiger partial charge < -0.3 is 26.6 Å². The van der Waals surface area contributed by atoms with Gasteiger partial charge in [-0.2, -0.15) is 18.3 Å². The average molecular weight is 602 g/mol. The van der Waals surface area contributed by atoms with Gasteiger partial charge in [-0.1, -0.05) is 13.0 Å². The molecule has 0 spiro atoms. The van der Waals surface area contributed by atoms with Gasteiger partial charge in [0.1, 0.15) is 11.6 Å². The average Bonchev–Trinajstić information content (AvgIpc) is 3.34. The fourth-order valence-electron chi connectivity index (χ4n) is 5.20. The number of carbonyl (C=O) groups excluding carboxylic acids is 2. The smallest absolute Gasteiger partial charge is 0.389 e. The highest BCUT2D eigenvalue weighted by atomic mass is 19.4. The molecule has 2 atom stereocenters. The molecular weight excluding hydrogens is 570 g/mol. The molecule has 0 aliphatic heterocycles. The summed E-state index contributed by atoms with van der Waals surface area (Å²) in [6.45, 7) is 2.60. The van der Waals surface area contributed by atoms with E-state index < -0.39 is 53.9 Å². The molecule has 0 fully saturated rings. The number of aryl methyl sites for hydroxylation is 1. The molecule has 1 heterocycles. The molecule has 1 aromatic heterocycles. The van der Waals surface area contributed by atoms with Gasteiger partial charge in [0, 0.05) is 34.2 Å². The van der Waals surface area contributed by atoms with E-state index in [4.69, 9.17) is 5.73 Å². The van der Waals surface area contributed by atoms with Crippen LogP contribution in [0.1, 0.15) is 41.3 Å². The molecule has 0 saturated carbocycles. The van der Waals surface area contributed by atoms with Gasteiger partial charge in [-0.3, -0.25) is 9.59 Å². The summed E-state index contributed by atoms with van der Waals surface area (Å²) in [4.78, 5) is 23.4. The highest BCUT2D eigenvalue weighted by Crippen LogP contribution is 2.43. The molecule has 2 unspecified atom stereocenters. The summed E-state index contributed by atoms with van der Waals surface area (Å²) < 4.78 is 56.2. The molecule has 6 N–H and O–H groups in total. The van der Waals surface area contributed by atoms with E-state index in [2.05, 4.69) is 15.7 Å². The summed E-state index contributed by atoms with van der Waals surface area (Å²) in [6.07, 6.45) is -6.18. The SMILES string of the molecule is Cc1cc(NCC(O)CC(C)(CC(F)(F)F)c2cc(F)ccc2O)c2cnn(-c3cccc(C(=O)NCC(N)=O)c3)c2c1. The first-order valence-corrected chi connectivity index (χ1v) is 13.3. The molecule has 0 aliphatic carbocycles. The fourth-order valence-corrected chi connectivity index (χ4v) is 5.20. The molecule has 0 saturated heterocycles. The van der Waals surface area contributed by atoms with Crippen LogP contribution >= 0.6 is 0 Å². The van der Waals surface area contributed by atoms with E-state index >= 15 is 0 Å². The van der Waals surface area contributed by atoms with E-state index in [0.29, 0.717) is 22.3 Å². The quantitative estimate of drug-likeness (QED) is 0.161. The number of fused-ring (bicyclic) bond motifs is 1. The van der Waals surface area contributed by atoms with Crippen molar-refractivity contribution in [2.75, 3.05) is 18.4 Å². The van der Waals surface area contributed by atoms with Crippen LogP contribution in [0.5, 0.6) is 5.75 Å². The third kappa shape index (κ3) is 7.60. The Labute approximate surface area is 244 Å². The number of benzene rings is 3. The van der Waals surface area contributed by atoms with Gasteiger partial charge in [0.2, 0.25) is 5.91 Å². The summed E-state index contributed by atoms with van der Waals surface area (Å²) in [5, 5.41) is 31.7. The zero-order valence-corrected chi connectivity index (χ0v) is 23.4. The molecule has 13 heteroatoms. The Kier molecular flexibility index (Phi) is 8.95. The van der Waals surface area contributed by atoms with Crippen LogP contribution in [-0.4, -0.2) is 57.2 Å². The number of aromatic nitrogens is 2. The number of aliphatic hydroxyl groups is 1. The third-order valence-corrected chi connectivity index (χ3v) is 7.02. The Morgan fingerprint density at radius 3 is 2.56 bits per heavy atom. The first kappa shape index (κ1) is 31.3. The number of carbonyl (C=O) groups is 2. The minimum absolute atomic E-state index is 0.150. The number of aromatic hydroxyl groups is 1. The Hall–Kier alpha value is -4.65. The summed E-state index contributed by atoms with van der Waals surface area (Å²) in [6, 6.07) is 13.0. The van der Waals surface area contributed by atoms with Gasteiger partial charge in [-0.25, -0.2) is 9.07 Å². The fraction of sp³-hybridized carbons (Fsp3) is 0.300. The van der Waals surface area contributed by atoms with Crippen LogP contribution in [0.3, 0.4) is 0 Å². The number of nitrogens with two attached hydrogens (primary N) is 1. The van der Waals surface area contributed by atoms with E-state index in [-0.39, 0.29) is 24.2 Å². The first-order chi connectivity index (χ1) is 20.1. The maximum atomic E-state index is 13.9. The minimum atomic E-state index is -4.64. The highest BCUT2D eigenvalue weighted by Gasteiger charge is 2.43. The molecule has 0 radical (unpaired) electrons. The standard InChI is InChI=1S/C30H31F4N5O4/c1-17-8-24(36-13-21(40)12-29(2,16-30(32,33)34)23-11-19(31)6-7-26(23)41)22-14-38-39(25(22)9-17)20-5-3-4-18(10-20)28(43)37-15-27(35)42/h3-11,14,21,36,40-41H,12-13,15-16H2,1-2H3,(H2,35,42)(H,37,43). The second-order valence-corrected chi connectivity index (χ2v) is 10.8. The van der Waals surface area contributed by atoms with Crippen molar-refractivity contribution >= 4 is 28.4 Å². The molecule has 2 amide bonds. The van der Waals surface area contributed by atoms with Crippen molar-refractivity contribution in [3.05, 3.63) is 83.3 Å². The maximum Gasteiger partial charge on any atom is 0.389 e. The lowest BCUT2D eigenvalue weighted by molar-refractivity contribution is -0.149. The van der Waals surface area contributed by atoms with Crippen molar-refractivity contribution in [1.29, 1.82) is 0 Å². The third-order valence-electron chi connectivity index (χ3n) is 7.02. The Morgan fingerprint density at radius 2 is 1.86 bits per heavy atom. The Morgan fingerprint density at radius 1 is 1.12 bits per heavy atom. The molecule has 43 heavy (non-hydrogen) atoms. The second-order valence-electron chi connectivity index (χ2n) is 10.8. The highest BCUT2D eigenvalue weighted by molar-refractivity contribution is 5.97. The van der Waals surface area contributed by atoms with Crippen LogP contribution < -0.4 is 16.4 Å². The molecule has 4 aromatic rings.